The molecule has 134 valence electrons. The molecule has 0 aliphatic heterocycles. The van der Waals surface area contributed by atoms with Crippen LogP contribution in [0.25, 0.3) is 16.5 Å². The molecule has 4 aromatic rings. The molecular weight excluding hydrogens is 356 g/mol. The van der Waals surface area contributed by atoms with Gasteiger partial charge in [0.2, 0.25) is 5.91 Å². The number of hydrogen-bond donors (Lipinski definition) is 1. The van der Waals surface area contributed by atoms with Crippen LogP contribution in [0, 0.1) is 0 Å². The van der Waals surface area contributed by atoms with Crippen LogP contribution in [-0.2, 0) is 4.79 Å². The van der Waals surface area contributed by atoms with Gasteiger partial charge in [-0.25, -0.2) is 0 Å². The van der Waals surface area contributed by atoms with Crippen molar-refractivity contribution in [2.45, 2.75) is 17.3 Å². The third-order valence-electron chi connectivity index (χ3n) is 4.22. The minimum Gasteiger partial charge on any atom is -0.325 e. The molecule has 0 radical (unpaired) electrons. The van der Waals surface area contributed by atoms with Gasteiger partial charge in [-0.1, -0.05) is 60.3 Å². The lowest BCUT2D eigenvalue weighted by molar-refractivity contribution is -0.115. The molecule has 1 heterocycles. The molecule has 0 saturated carbocycles. The highest BCUT2D eigenvalue weighted by molar-refractivity contribution is 8.00. The summed E-state index contributed by atoms with van der Waals surface area (Å²) in [7, 11) is 0. The second kappa shape index (κ2) is 7.63. The summed E-state index contributed by atoms with van der Waals surface area (Å²) >= 11 is 1.38. The number of hydrogen-bond acceptors (Lipinski definition) is 4. The molecule has 0 bridgehead atoms. The summed E-state index contributed by atoms with van der Waals surface area (Å²) in [6.07, 6.45) is 1.66. The molecule has 27 heavy (non-hydrogen) atoms. The fraction of sp³-hybridized carbons (Fsp3) is 0.0952. The van der Waals surface area contributed by atoms with Crippen LogP contribution in [-0.4, -0.2) is 25.9 Å². The second-order valence-corrected chi connectivity index (χ2v) is 7.44. The van der Waals surface area contributed by atoms with Crippen molar-refractivity contribution in [1.82, 2.24) is 14.8 Å². The molecule has 4 rings (SSSR count). The van der Waals surface area contributed by atoms with E-state index in [4.69, 9.17) is 0 Å². The molecule has 1 aromatic heterocycles. The number of nitrogens with one attached hydrogen (secondary N) is 1. The molecule has 0 aliphatic rings. The Morgan fingerprint density at radius 2 is 1.74 bits per heavy atom. The lowest BCUT2D eigenvalue weighted by atomic mass is 10.1. The standard InChI is InChI=1S/C21H18N4OS/c1-15(27-21-24-22-14-25(21)19-9-3-2-4-10-19)20(26)23-18-12-11-16-7-5-6-8-17(16)13-18/h2-15H,1H3,(H,23,26). The maximum absolute atomic E-state index is 12.6. The molecule has 1 amide bonds. The van der Waals surface area contributed by atoms with Crippen LogP contribution in [0.1, 0.15) is 6.92 Å². The number of carbonyl (C=O) groups is 1. The van der Waals surface area contributed by atoms with Gasteiger partial charge in [-0.2, -0.15) is 0 Å². The largest absolute Gasteiger partial charge is 0.325 e. The van der Waals surface area contributed by atoms with Crippen LogP contribution in [0.2, 0.25) is 0 Å². The van der Waals surface area contributed by atoms with E-state index in [1.54, 1.807) is 6.33 Å². The third kappa shape index (κ3) is 3.85. The van der Waals surface area contributed by atoms with Crippen LogP contribution < -0.4 is 5.32 Å². The van der Waals surface area contributed by atoms with Gasteiger partial charge < -0.3 is 5.32 Å². The molecule has 0 aliphatic carbocycles. The van der Waals surface area contributed by atoms with Crippen molar-refractivity contribution in [3.05, 3.63) is 79.1 Å². The fourth-order valence-electron chi connectivity index (χ4n) is 2.79. The van der Waals surface area contributed by atoms with E-state index in [0.29, 0.717) is 5.16 Å². The Balaban J connectivity index is 1.47. The summed E-state index contributed by atoms with van der Waals surface area (Å²) in [5, 5.41) is 13.7. The van der Waals surface area contributed by atoms with Gasteiger partial charge >= 0.3 is 0 Å². The molecule has 6 heteroatoms. The zero-order chi connectivity index (χ0) is 18.6. The molecule has 3 aromatic carbocycles. The third-order valence-corrected chi connectivity index (χ3v) is 5.28. The van der Waals surface area contributed by atoms with Gasteiger partial charge in [0.1, 0.15) is 6.33 Å². The summed E-state index contributed by atoms with van der Waals surface area (Å²) in [4.78, 5) is 12.6. The molecule has 1 unspecified atom stereocenters. The van der Waals surface area contributed by atoms with E-state index >= 15 is 0 Å². The van der Waals surface area contributed by atoms with Gasteiger partial charge in [-0.3, -0.25) is 9.36 Å². The average Bonchev–Trinajstić information content (AvgIpc) is 3.16. The van der Waals surface area contributed by atoms with E-state index in [1.165, 1.54) is 11.8 Å². The molecule has 0 fully saturated rings. The van der Waals surface area contributed by atoms with Crippen molar-refractivity contribution in [3.8, 4) is 5.69 Å². The van der Waals surface area contributed by atoms with Crippen molar-refractivity contribution in [2.24, 2.45) is 0 Å². The highest BCUT2D eigenvalue weighted by Crippen LogP contribution is 2.25. The Bertz CT molecular complexity index is 1080. The number of rotatable bonds is 5. The zero-order valence-electron chi connectivity index (χ0n) is 14.7. The van der Waals surface area contributed by atoms with E-state index in [0.717, 1.165) is 22.1 Å². The fourth-order valence-corrected chi connectivity index (χ4v) is 3.64. The van der Waals surface area contributed by atoms with Gasteiger partial charge in [0.25, 0.3) is 0 Å². The van der Waals surface area contributed by atoms with Crippen molar-refractivity contribution < 1.29 is 4.79 Å². The number of aromatic nitrogens is 3. The first-order valence-corrected chi connectivity index (χ1v) is 9.50. The maximum Gasteiger partial charge on any atom is 0.237 e. The van der Waals surface area contributed by atoms with Crippen molar-refractivity contribution in [2.75, 3.05) is 5.32 Å². The average molecular weight is 374 g/mol. The lowest BCUT2D eigenvalue weighted by Crippen LogP contribution is -2.22. The first-order valence-electron chi connectivity index (χ1n) is 8.62. The van der Waals surface area contributed by atoms with E-state index in [1.807, 2.05) is 78.2 Å². The molecule has 0 spiro atoms. The molecule has 0 saturated heterocycles. The monoisotopic (exact) mass is 374 g/mol. The number of anilines is 1. The van der Waals surface area contributed by atoms with Gasteiger partial charge in [-0.15, -0.1) is 10.2 Å². The highest BCUT2D eigenvalue weighted by Gasteiger charge is 2.18. The number of amides is 1. The van der Waals surface area contributed by atoms with Crippen LogP contribution in [0.3, 0.4) is 0 Å². The van der Waals surface area contributed by atoms with E-state index in [2.05, 4.69) is 21.6 Å². The van der Waals surface area contributed by atoms with Crippen LogP contribution >= 0.6 is 11.8 Å². The number of benzene rings is 3. The number of para-hydroxylation sites is 1. The Hall–Kier alpha value is -3.12. The Morgan fingerprint density at radius 1 is 1.00 bits per heavy atom. The summed E-state index contributed by atoms with van der Waals surface area (Å²) in [6.45, 7) is 1.87. The van der Waals surface area contributed by atoms with Crippen LogP contribution in [0.15, 0.2) is 84.3 Å². The van der Waals surface area contributed by atoms with Crippen LogP contribution in [0.4, 0.5) is 5.69 Å². The summed E-state index contributed by atoms with van der Waals surface area (Å²) < 4.78 is 1.88. The quantitative estimate of drug-likeness (QED) is 0.521. The van der Waals surface area contributed by atoms with Gasteiger partial charge in [0, 0.05) is 11.4 Å². The molecular formula is C21H18N4OS. The number of thioether (sulfide) groups is 1. The molecule has 5 nitrogen and oxygen atoms in total. The highest BCUT2D eigenvalue weighted by atomic mass is 32.2. The van der Waals surface area contributed by atoms with Crippen LogP contribution in [0.5, 0.6) is 0 Å². The number of nitrogens with zero attached hydrogens (tertiary/aromatic N) is 3. The van der Waals surface area contributed by atoms with Crippen molar-refractivity contribution in [1.29, 1.82) is 0 Å². The molecule has 1 N–H and O–H groups in total. The SMILES string of the molecule is CC(Sc1nncn1-c1ccccc1)C(=O)Nc1ccc2ccccc2c1. The van der Waals surface area contributed by atoms with E-state index in [-0.39, 0.29) is 11.2 Å². The van der Waals surface area contributed by atoms with E-state index in [9.17, 15) is 4.79 Å². The van der Waals surface area contributed by atoms with Crippen molar-refractivity contribution >= 4 is 34.1 Å². The second-order valence-electron chi connectivity index (χ2n) is 6.13. The Labute approximate surface area is 161 Å². The van der Waals surface area contributed by atoms with Crippen molar-refractivity contribution in [3.63, 3.8) is 0 Å². The zero-order valence-corrected chi connectivity index (χ0v) is 15.6. The predicted octanol–water partition coefficient (Wildman–Crippen LogP) is 4.54. The normalized spacial score (nSPS) is 12.0. The number of fused-ring (bicyclic) bond motifs is 1. The predicted molar refractivity (Wildman–Crippen MR) is 109 cm³/mol. The Morgan fingerprint density at radius 3 is 2.56 bits per heavy atom. The van der Waals surface area contributed by atoms with Gasteiger partial charge in [-0.05, 0) is 42.0 Å². The molecule has 1 atom stereocenters. The number of carbonyl (C=O) groups excluding carboxylic acids is 1. The van der Waals surface area contributed by atoms with Gasteiger partial charge in [0.05, 0.1) is 5.25 Å². The topological polar surface area (TPSA) is 59.8 Å². The van der Waals surface area contributed by atoms with E-state index < -0.39 is 0 Å². The summed E-state index contributed by atoms with van der Waals surface area (Å²) in [5.41, 5.74) is 1.75. The lowest BCUT2D eigenvalue weighted by Gasteiger charge is -2.13. The smallest absolute Gasteiger partial charge is 0.237 e. The minimum atomic E-state index is -0.317. The summed E-state index contributed by atoms with van der Waals surface area (Å²) in [5.74, 6) is -0.0714. The summed E-state index contributed by atoms with van der Waals surface area (Å²) in [6, 6.07) is 23.8. The van der Waals surface area contributed by atoms with Gasteiger partial charge in [0.15, 0.2) is 5.16 Å². The minimum absolute atomic E-state index is 0.0714. The Kier molecular flexibility index (Phi) is 4.89. The first kappa shape index (κ1) is 17.3. The first-order chi connectivity index (χ1) is 13.2. The maximum atomic E-state index is 12.6.